The van der Waals surface area contributed by atoms with Gasteiger partial charge in [0.15, 0.2) is 0 Å². The van der Waals surface area contributed by atoms with Crippen molar-refractivity contribution in [2.45, 2.75) is 57.1 Å². The quantitative estimate of drug-likeness (QED) is 0.770. The molecule has 0 unspecified atom stereocenters. The number of carbonyl (C=O) groups is 1. The molecule has 146 valence electrons. The van der Waals surface area contributed by atoms with Gasteiger partial charge in [-0.2, -0.15) is 0 Å². The molecule has 4 rings (SSSR count). The molecule has 0 atom stereocenters. The van der Waals surface area contributed by atoms with Gasteiger partial charge in [-0.15, -0.1) is 0 Å². The van der Waals surface area contributed by atoms with Crippen LogP contribution in [0, 0.1) is 5.92 Å². The van der Waals surface area contributed by atoms with E-state index in [2.05, 4.69) is 5.32 Å². The lowest BCUT2D eigenvalue weighted by atomic mass is 9.86. The highest BCUT2D eigenvalue weighted by molar-refractivity contribution is 6.36. The maximum Gasteiger partial charge on any atom is 0.224 e. The van der Waals surface area contributed by atoms with E-state index in [1.807, 2.05) is 29.0 Å². The Kier molecular flexibility index (Phi) is 5.44. The van der Waals surface area contributed by atoms with E-state index in [1.165, 1.54) is 32.1 Å². The number of rotatable bonds is 6. The van der Waals surface area contributed by atoms with Crippen LogP contribution in [0.3, 0.4) is 0 Å². The highest BCUT2D eigenvalue weighted by Crippen LogP contribution is 2.34. The molecule has 2 heterocycles. The maximum absolute atomic E-state index is 12.5. The number of hydrogen-bond acceptors (Lipinski definition) is 3. The Morgan fingerprint density at radius 1 is 1.30 bits per heavy atom. The Morgan fingerprint density at radius 3 is 2.78 bits per heavy atom. The second-order valence-corrected chi connectivity index (χ2v) is 8.52. The van der Waals surface area contributed by atoms with Crippen molar-refractivity contribution in [3.05, 3.63) is 29.4 Å². The molecule has 2 fully saturated rings. The van der Waals surface area contributed by atoms with E-state index in [-0.39, 0.29) is 5.91 Å². The van der Waals surface area contributed by atoms with Crippen LogP contribution in [0.1, 0.15) is 44.9 Å². The van der Waals surface area contributed by atoms with Crippen molar-refractivity contribution < 1.29 is 14.6 Å². The Balaban J connectivity index is 1.49. The number of halogens is 1. The number of benzene rings is 1. The second-order valence-electron chi connectivity index (χ2n) is 8.11. The van der Waals surface area contributed by atoms with Crippen molar-refractivity contribution in [3.8, 4) is 0 Å². The molecule has 6 heteroatoms. The Labute approximate surface area is 164 Å². The highest BCUT2D eigenvalue weighted by Gasteiger charge is 2.37. The second kappa shape index (κ2) is 7.82. The van der Waals surface area contributed by atoms with Crippen molar-refractivity contribution in [1.82, 2.24) is 4.57 Å². The zero-order valence-electron chi connectivity index (χ0n) is 15.5. The van der Waals surface area contributed by atoms with Crippen LogP contribution in [0.2, 0.25) is 5.02 Å². The molecule has 0 spiro atoms. The summed E-state index contributed by atoms with van der Waals surface area (Å²) in [5.41, 5.74) is 0.773. The van der Waals surface area contributed by atoms with E-state index in [0.717, 1.165) is 17.3 Å². The normalized spacial score (nSPS) is 19.8. The van der Waals surface area contributed by atoms with Crippen LogP contribution >= 0.6 is 11.6 Å². The summed E-state index contributed by atoms with van der Waals surface area (Å²) in [5, 5.41) is 14.9. The summed E-state index contributed by atoms with van der Waals surface area (Å²) < 4.78 is 7.11. The molecule has 5 nitrogen and oxygen atoms in total. The van der Waals surface area contributed by atoms with E-state index in [4.69, 9.17) is 16.3 Å². The van der Waals surface area contributed by atoms with Crippen LogP contribution in [0.15, 0.2) is 24.4 Å². The molecule has 1 aromatic carbocycles. The molecule has 1 aliphatic heterocycles. The summed E-state index contributed by atoms with van der Waals surface area (Å²) in [6, 6.07) is 5.67. The minimum absolute atomic E-state index is 0.0326. The zero-order valence-corrected chi connectivity index (χ0v) is 16.3. The van der Waals surface area contributed by atoms with E-state index >= 15 is 0 Å². The number of nitrogens with zero attached hydrogens (tertiary/aromatic N) is 1. The van der Waals surface area contributed by atoms with E-state index < -0.39 is 5.60 Å². The predicted molar refractivity (Wildman–Crippen MR) is 107 cm³/mol. The van der Waals surface area contributed by atoms with Gasteiger partial charge in [-0.25, -0.2) is 0 Å². The SMILES string of the molecule is O=C(CCC1CCCCC1)Nc1cn(CC2(O)COC2)c2cccc(Cl)c12. The molecule has 0 radical (unpaired) electrons. The van der Waals surface area contributed by atoms with E-state index in [9.17, 15) is 9.90 Å². The van der Waals surface area contributed by atoms with Gasteiger partial charge in [0.05, 0.1) is 36.0 Å². The van der Waals surface area contributed by atoms with Crippen LogP contribution in [-0.4, -0.2) is 34.4 Å². The van der Waals surface area contributed by atoms with Crippen molar-refractivity contribution >= 4 is 34.1 Å². The Morgan fingerprint density at radius 2 is 2.07 bits per heavy atom. The fourth-order valence-corrected chi connectivity index (χ4v) is 4.58. The average molecular weight is 391 g/mol. The molecule has 1 saturated heterocycles. The lowest BCUT2D eigenvalue weighted by Gasteiger charge is -2.36. The molecule has 1 saturated carbocycles. The van der Waals surface area contributed by atoms with Gasteiger partial charge in [0.2, 0.25) is 5.91 Å². The van der Waals surface area contributed by atoms with Gasteiger partial charge in [0.25, 0.3) is 0 Å². The molecule has 2 aromatic rings. The van der Waals surface area contributed by atoms with Gasteiger partial charge in [-0.3, -0.25) is 4.79 Å². The largest absolute Gasteiger partial charge is 0.383 e. The van der Waals surface area contributed by atoms with E-state index in [0.29, 0.717) is 42.8 Å². The van der Waals surface area contributed by atoms with Gasteiger partial charge in [0, 0.05) is 18.0 Å². The Hall–Kier alpha value is -1.56. The van der Waals surface area contributed by atoms with Gasteiger partial charge < -0.3 is 19.7 Å². The maximum atomic E-state index is 12.5. The zero-order chi connectivity index (χ0) is 18.9. The third-order valence-corrected chi connectivity index (χ3v) is 6.15. The molecule has 0 bridgehead atoms. The number of fused-ring (bicyclic) bond motifs is 1. The van der Waals surface area contributed by atoms with Crippen LogP contribution in [-0.2, 0) is 16.1 Å². The van der Waals surface area contributed by atoms with Crippen molar-refractivity contribution in [2.24, 2.45) is 5.92 Å². The summed E-state index contributed by atoms with van der Waals surface area (Å²) in [6.07, 6.45) is 9.79. The first-order valence-electron chi connectivity index (χ1n) is 9.91. The molecule has 1 amide bonds. The lowest BCUT2D eigenvalue weighted by Crippen LogP contribution is -2.52. The summed E-state index contributed by atoms with van der Waals surface area (Å²) in [6.45, 7) is 1.08. The van der Waals surface area contributed by atoms with Gasteiger partial charge >= 0.3 is 0 Å². The van der Waals surface area contributed by atoms with Crippen molar-refractivity contribution in [1.29, 1.82) is 0 Å². The van der Waals surface area contributed by atoms with Crippen LogP contribution in [0.25, 0.3) is 10.9 Å². The molecule has 2 N–H and O–H groups in total. The van der Waals surface area contributed by atoms with E-state index in [1.54, 1.807) is 0 Å². The predicted octanol–water partition coefficient (Wildman–Crippen LogP) is 4.36. The first-order chi connectivity index (χ1) is 13.0. The highest BCUT2D eigenvalue weighted by atomic mass is 35.5. The third kappa shape index (κ3) is 4.15. The smallest absolute Gasteiger partial charge is 0.224 e. The topological polar surface area (TPSA) is 63.5 Å². The number of aliphatic hydroxyl groups is 1. The van der Waals surface area contributed by atoms with Crippen LogP contribution < -0.4 is 5.32 Å². The average Bonchev–Trinajstić information content (AvgIpc) is 2.98. The van der Waals surface area contributed by atoms with Crippen LogP contribution in [0.4, 0.5) is 5.69 Å². The fraction of sp³-hybridized carbons (Fsp3) is 0.571. The number of aromatic nitrogens is 1. The summed E-state index contributed by atoms with van der Waals surface area (Å²) in [5.74, 6) is 0.715. The minimum atomic E-state index is -0.851. The van der Waals surface area contributed by atoms with Gasteiger partial charge in [-0.05, 0) is 24.5 Å². The van der Waals surface area contributed by atoms with Gasteiger partial charge in [0.1, 0.15) is 5.60 Å². The summed E-state index contributed by atoms with van der Waals surface area (Å²) in [4.78, 5) is 12.5. The monoisotopic (exact) mass is 390 g/mol. The van der Waals surface area contributed by atoms with Crippen molar-refractivity contribution in [3.63, 3.8) is 0 Å². The molecular weight excluding hydrogens is 364 g/mol. The molecule has 1 aromatic heterocycles. The fourth-order valence-electron chi connectivity index (χ4n) is 4.30. The minimum Gasteiger partial charge on any atom is -0.383 e. The molecule has 2 aliphatic rings. The third-order valence-electron chi connectivity index (χ3n) is 5.84. The standard InChI is InChI=1S/C21H27ClN2O3/c22-16-7-4-8-18-20(16)17(11-24(18)12-21(26)13-27-14-21)23-19(25)10-9-15-5-2-1-3-6-15/h4,7-8,11,15,26H,1-3,5-6,9-10,12-14H2,(H,23,25). The number of hydrogen-bond donors (Lipinski definition) is 2. The molecule has 27 heavy (non-hydrogen) atoms. The first-order valence-corrected chi connectivity index (χ1v) is 10.3. The Bertz CT molecular complexity index is 822. The number of anilines is 1. The first kappa shape index (κ1) is 18.8. The van der Waals surface area contributed by atoms with Gasteiger partial charge in [-0.1, -0.05) is 49.8 Å². The van der Waals surface area contributed by atoms with Crippen LogP contribution in [0.5, 0.6) is 0 Å². The summed E-state index contributed by atoms with van der Waals surface area (Å²) in [7, 11) is 0. The number of ether oxygens (including phenoxy) is 1. The number of nitrogens with one attached hydrogen (secondary N) is 1. The lowest BCUT2D eigenvalue weighted by molar-refractivity contribution is -0.184. The van der Waals surface area contributed by atoms with Crippen molar-refractivity contribution in [2.75, 3.05) is 18.5 Å². The number of amides is 1. The summed E-state index contributed by atoms with van der Waals surface area (Å²) >= 11 is 6.43. The molecule has 1 aliphatic carbocycles. The number of carbonyl (C=O) groups excluding carboxylic acids is 1. The molecular formula is C21H27ClN2O3.